The van der Waals surface area contributed by atoms with Crippen LogP contribution >= 0.6 is 0 Å². The molecule has 1 aromatic rings. The summed E-state index contributed by atoms with van der Waals surface area (Å²) in [6.07, 6.45) is 8.41. The molecule has 0 radical (unpaired) electrons. The monoisotopic (exact) mass is 358 g/mol. The Labute approximate surface area is 155 Å². The van der Waals surface area contributed by atoms with E-state index < -0.39 is 5.91 Å². The number of rotatable bonds is 8. The summed E-state index contributed by atoms with van der Waals surface area (Å²) in [5.41, 5.74) is 6.71. The van der Waals surface area contributed by atoms with E-state index in [0.29, 0.717) is 23.6 Å². The van der Waals surface area contributed by atoms with E-state index in [1.165, 1.54) is 44.1 Å². The van der Waals surface area contributed by atoms with Gasteiger partial charge in [-0.1, -0.05) is 6.07 Å². The molecule has 142 valence electrons. The zero-order valence-electron chi connectivity index (χ0n) is 15.6. The maximum absolute atomic E-state index is 11.0. The second kappa shape index (κ2) is 7.10. The highest BCUT2D eigenvalue weighted by Crippen LogP contribution is 2.55. The van der Waals surface area contributed by atoms with Crippen molar-refractivity contribution in [2.75, 3.05) is 13.2 Å². The number of primary amides is 1. The molecule has 4 fully saturated rings. The van der Waals surface area contributed by atoms with Gasteiger partial charge in [0, 0.05) is 12.1 Å². The van der Waals surface area contributed by atoms with Crippen LogP contribution in [0.5, 0.6) is 11.5 Å². The molecular weight excluding hydrogens is 328 g/mol. The third-order valence-corrected chi connectivity index (χ3v) is 6.38. The lowest BCUT2D eigenvalue weighted by Gasteiger charge is -2.57. The summed E-state index contributed by atoms with van der Waals surface area (Å²) in [7, 11) is 0. The summed E-state index contributed by atoms with van der Waals surface area (Å²) in [6.45, 7) is 3.21. The number of carbonyl (C=O) groups is 1. The average molecular weight is 358 g/mol. The predicted octanol–water partition coefficient (Wildman–Crippen LogP) is 3.01. The number of hydrogen-bond acceptors (Lipinski definition) is 4. The molecule has 1 aromatic carbocycles. The van der Waals surface area contributed by atoms with E-state index in [4.69, 9.17) is 15.2 Å². The largest absolute Gasteiger partial charge is 0.490 e. The van der Waals surface area contributed by atoms with E-state index in [1.807, 2.05) is 25.1 Å². The molecule has 26 heavy (non-hydrogen) atoms. The van der Waals surface area contributed by atoms with Crippen LogP contribution in [0.3, 0.4) is 0 Å². The standard InChI is InChI=1S/C21H30N2O3/c1-2-25-19-8-14(3-4-18(19)26-13-20(22)24)12-23-21-9-15-5-16(10-21)7-17(6-15)11-21/h3-4,8,15-17,23H,2,5-7,9-13H2,1H3,(H2,22,24). The Morgan fingerprint density at radius 2 is 1.77 bits per heavy atom. The van der Waals surface area contributed by atoms with Crippen molar-refractivity contribution in [2.24, 2.45) is 23.5 Å². The topological polar surface area (TPSA) is 73.6 Å². The quantitative estimate of drug-likeness (QED) is 0.749. The van der Waals surface area contributed by atoms with Gasteiger partial charge in [-0.3, -0.25) is 4.79 Å². The molecule has 3 N–H and O–H groups in total. The van der Waals surface area contributed by atoms with Gasteiger partial charge in [0.1, 0.15) is 0 Å². The van der Waals surface area contributed by atoms with Crippen molar-refractivity contribution in [2.45, 2.75) is 57.5 Å². The second-order valence-corrected chi connectivity index (χ2v) is 8.52. The first-order chi connectivity index (χ1) is 12.5. The van der Waals surface area contributed by atoms with E-state index in [2.05, 4.69) is 5.32 Å². The summed E-state index contributed by atoms with van der Waals surface area (Å²) in [5, 5.41) is 3.91. The van der Waals surface area contributed by atoms with Crippen LogP contribution in [0.1, 0.15) is 51.0 Å². The molecule has 0 spiro atoms. The second-order valence-electron chi connectivity index (χ2n) is 8.52. The summed E-state index contributed by atoms with van der Waals surface area (Å²) in [5.74, 6) is 3.59. The predicted molar refractivity (Wildman–Crippen MR) is 100 cm³/mol. The van der Waals surface area contributed by atoms with Crippen molar-refractivity contribution < 1.29 is 14.3 Å². The van der Waals surface area contributed by atoms with Crippen LogP contribution in [0.4, 0.5) is 0 Å². The first kappa shape index (κ1) is 17.7. The molecule has 4 aliphatic carbocycles. The minimum atomic E-state index is -0.486. The van der Waals surface area contributed by atoms with Gasteiger partial charge in [0.15, 0.2) is 18.1 Å². The zero-order valence-corrected chi connectivity index (χ0v) is 15.6. The maximum Gasteiger partial charge on any atom is 0.255 e. The van der Waals surface area contributed by atoms with Crippen molar-refractivity contribution >= 4 is 5.91 Å². The number of ether oxygens (including phenoxy) is 2. The van der Waals surface area contributed by atoms with Gasteiger partial charge in [0.25, 0.3) is 5.91 Å². The number of nitrogens with two attached hydrogens (primary N) is 1. The Kier molecular flexibility index (Phi) is 4.82. The highest BCUT2D eigenvalue weighted by molar-refractivity contribution is 5.75. The van der Waals surface area contributed by atoms with Gasteiger partial charge in [-0.25, -0.2) is 0 Å². The Balaban J connectivity index is 1.43. The van der Waals surface area contributed by atoms with Crippen LogP contribution < -0.4 is 20.5 Å². The lowest BCUT2D eigenvalue weighted by Crippen LogP contribution is -2.58. The van der Waals surface area contributed by atoms with Gasteiger partial charge in [0.05, 0.1) is 6.61 Å². The molecule has 0 aromatic heterocycles. The molecule has 4 bridgehead atoms. The number of amides is 1. The SMILES string of the molecule is CCOc1cc(CNC23CC4CC(CC(C4)C2)C3)ccc1OCC(N)=O. The molecule has 4 aliphatic rings. The van der Waals surface area contributed by atoms with Crippen molar-refractivity contribution in [1.29, 1.82) is 0 Å². The molecule has 1 amide bonds. The third kappa shape index (κ3) is 3.68. The van der Waals surface area contributed by atoms with E-state index >= 15 is 0 Å². The molecule has 0 unspecified atom stereocenters. The molecule has 5 rings (SSSR count). The minimum Gasteiger partial charge on any atom is -0.490 e. The Morgan fingerprint density at radius 1 is 1.12 bits per heavy atom. The van der Waals surface area contributed by atoms with Crippen LogP contribution in [0.15, 0.2) is 18.2 Å². The van der Waals surface area contributed by atoms with Crippen molar-refractivity contribution in [3.63, 3.8) is 0 Å². The van der Waals surface area contributed by atoms with Gasteiger partial charge in [-0.15, -0.1) is 0 Å². The number of benzene rings is 1. The van der Waals surface area contributed by atoms with Crippen molar-refractivity contribution in [3.8, 4) is 11.5 Å². The average Bonchev–Trinajstić information content (AvgIpc) is 2.58. The molecular formula is C21H30N2O3. The fraction of sp³-hybridized carbons (Fsp3) is 0.667. The lowest BCUT2D eigenvalue weighted by molar-refractivity contribution is -0.119. The molecule has 0 atom stereocenters. The van der Waals surface area contributed by atoms with Crippen LogP contribution in [-0.2, 0) is 11.3 Å². The van der Waals surface area contributed by atoms with Gasteiger partial charge in [-0.05, 0) is 80.9 Å². The van der Waals surface area contributed by atoms with Crippen LogP contribution in [0.2, 0.25) is 0 Å². The Morgan fingerprint density at radius 3 is 2.35 bits per heavy atom. The van der Waals surface area contributed by atoms with Crippen molar-refractivity contribution in [3.05, 3.63) is 23.8 Å². The van der Waals surface area contributed by atoms with E-state index in [0.717, 1.165) is 24.3 Å². The maximum atomic E-state index is 11.0. The fourth-order valence-electron chi connectivity index (χ4n) is 5.82. The van der Waals surface area contributed by atoms with E-state index in [-0.39, 0.29) is 6.61 Å². The highest BCUT2D eigenvalue weighted by Gasteiger charge is 2.50. The van der Waals surface area contributed by atoms with Gasteiger partial charge in [0.2, 0.25) is 0 Å². The molecule has 0 saturated heterocycles. The zero-order chi connectivity index (χ0) is 18.1. The van der Waals surface area contributed by atoms with Gasteiger partial charge >= 0.3 is 0 Å². The summed E-state index contributed by atoms with van der Waals surface area (Å²) < 4.78 is 11.2. The lowest BCUT2D eigenvalue weighted by atomic mass is 9.53. The molecule has 5 heteroatoms. The summed E-state index contributed by atoms with van der Waals surface area (Å²) in [4.78, 5) is 11.0. The number of carbonyl (C=O) groups excluding carboxylic acids is 1. The fourth-order valence-corrected chi connectivity index (χ4v) is 5.82. The molecule has 0 aliphatic heterocycles. The minimum absolute atomic E-state index is 0.134. The van der Waals surface area contributed by atoms with Gasteiger partial charge < -0.3 is 20.5 Å². The van der Waals surface area contributed by atoms with E-state index in [1.54, 1.807) is 0 Å². The Hall–Kier alpha value is -1.75. The first-order valence-electron chi connectivity index (χ1n) is 9.97. The van der Waals surface area contributed by atoms with Crippen molar-refractivity contribution in [1.82, 2.24) is 5.32 Å². The molecule has 5 nitrogen and oxygen atoms in total. The first-order valence-corrected chi connectivity index (χ1v) is 9.97. The van der Waals surface area contributed by atoms with Crippen LogP contribution in [0.25, 0.3) is 0 Å². The number of hydrogen-bond donors (Lipinski definition) is 2. The van der Waals surface area contributed by atoms with E-state index in [9.17, 15) is 4.79 Å². The van der Waals surface area contributed by atoms with Crippen LogP contribution in [-0.4, -0.2) is 24.7 Å². The van der Waals surface area contributed by atoms with Crippen LogP contribution in [0, 0.1) is 17.8 Å². The highest BCUT2D eigenvalue weighted by atomic mass is 16.5. The normalized spacial score (nSPS) is 31.8. The number of nitrogens with one attached hydrogen (secondary N) is 1. The smallest absolute Gasteiger partial charge is 0.255 e. The molecule has 0 heterocycles. The van der Waals surface area contributed by atoms with Gasteiger partial charge in [-0.2, -0.15) is 0 Å². The molecule has 4 saturated carbocycles. The third-order valence-electron chi connectivity index (χ3n) is 6.38. The summed E-state index contributed by atoms with van der Waals surface area (Å²) >= 11 is 0. The summed E-state index contributed by atoms with van der Waals surface area (Å²) in [6, 6.07) is 5.95. The Bertz CT molecular complexity index is 638.